The highest BCUT2D eigenvalue weighted by Gasteiger charge is 1.84. The molecule has 0 aromatic carbocycles. The zero-order chi connectivity index (χ0) is 7.28. The van der Waals surface area contributed by atoms with Gasteiger partial charge in [0.15, 0.2) is 0 Å². The molecule has 0 aliphatic carbocycles. The van der Waals surface area contributed by atoms with Crippen LogP contribution in [0, 0.1) is 0 Å². The summed E-state index contributed by atoms with van der Waals surface area (Å²) in [6.45, 7) is 0. The smallest absolute Gasteiger partial charge is 0.251 e. The summed E-state index contributed by atoms with van der Waals surface area (Å²) >= 11 is 0. The highest BCUT2D eigenvalue weighted by atomic mass is 16.4. The van der Waals surface area contributed by atoms with E-state index < -0.39 is 0 Å². The van der Waals surface area contributed by atoms with E-state index in [9.17, 15) is 0 Å². The molecule has 0 aromatic rings. The second-order valence-electron chi connectivity index (χ2n) is 1.13. The Morgan fingerprint density at radius 2 is 1.89 bits per heavy atom. The van der Waals surface area contributed by atoms with Crippen molar-refractivity contribution in [1.82, 2.24) is 5.43 Å². The van der Waals surface area contributed by atoms with Crippen molar-refractivity contribution in [2.24, 2.45) is 27.5 Å². The molecule has 0 aliphatic rings. The lowest BCUT2D eigenvalue weighted by Crippen LogP contribution is -2.32. The Hall–Kier alpha value is -1.66. The molecule has 52 valence electrons. The summed E-state index contributed by atoms with van der Waals surface area (Å²) in [5, 5.41) is 13.6. The van der Waals surface area contributed by atoms with Gasteiger partial charge in [-0.1, -0.05) is 0 Å². The van der Waals surface area contributed by atoms with Crippen molar-refractivity contribution in [2.75, 3.05) is 0 Å². The van der Waals surface area contributed by atoms with Gasteiger partial charge in [-0.15, -0.1) is 5.10 Å². The number of hydrogen-bond donors (Lipinski definition) is 5. The van der Waals surface area contributed by atoms with Crippen molar-refractivity contribution in [2.45, 2.75) is 0 Å². The third-order valence-electron chi connectivity index (χ3n) is 0.407. The SMILES string of the molecule is NC(N)=NNC(N)=NO. The average Bonchev–Trinajstić information content (AvgIpc) is 1.83. The molecule has 0 bridgehead atoms. The van der Waals surface area contributed by atoms with Gasteiger partial charge in [0.05, 0.1) is 0 Å². The molecule has 0 rings (SSSR count). The van der Waals surface area contributed by atoms with Crippen LogP contribution < -0.4 is 22.6 Å². The van der Waals surface area contributed by atoms with Crippen LogP contribution in [0.5, 0.6) is 0 Å². The standard InChI is InChI=1S/C2H8N6O/c3-1(4)6-7-2(5)8-9/h9H,(H4,3,4,6)(H3,5,7,8). The summed E-state index contributed by atoms with van der Waals surface area (Å²) in [7, 11) is 0. The molecule has 0 spiro atoms. The molecule has 0 atom stereocenters. The molecule has 7 nitrogen and oxygen atoms in total. The number of hydrazone groups is 1. The minimum Gasteiger partial charge on any atom is -0.408 e. The molecule has 0 radical (unpaired) electrons. The zero-order valence-electron chi connectivity index (χ0n) is 4.57. The van der Waals surface area contributed by atoms with Crippen molar-refractivity contribution in [1.29, 1.82) is 0 Å². The van der Waals surface area contributed by atoms with Gasteiger partial charge in [-0.2, -0.15) is 0 Å². The number of nitrogens with zero attached hydrogens (tertiary/aromatic N) is 2. The van der Waals surface area contributed by atoms with Crippen LogP contribution in [-0.4, -0.2) is 17.1 Å². The Bertz CT molecular complexity index is 134. The molecule has 7 heteroatoms. The Labute approximate surface area is 51.2 Å². The van der Waals surface area contributed by atoms with Gasteiger partial charge in [0.2, 0.25) is 5.96 Å². The zero-order valence-corrected chi connectivity index (χ0v) is 4.57. The van der Waals surface area contributed by atoms with E-state index >= 15 is 0 Å². The maximum absolute atomic E-state index is 7.90. The summed E-state index contributed by atoms with van der Waals surface area (Å²) in [5.74, 6) is -0.468. The molecule has 0 unspecified atom stereocenters. The first-order valence-electron chi connectivity index (χ1n) is 1.99. The largest absolute Gasteiger partial charge is 0.408 e. The molecule has 0 saturated heterocycles. The van der Waals surface area contributed by atoms with Crippen LogP contribution >= 0.6 is 0 Å². The van der Waals surface area contributed by atoms with E-state index in [1.807, 2.05) is 5.43 Å². The molecule has 0 aromatic heterocycles. The Kier molecular flexibility index (Phi) is 2.74. The maximum Gasteiger partial charge on any atom is 0.251 e. The van der Waals surface area contributed by atoms with Crippen LogP contribution in [0.2, 0.25) is 0 Å². The molecule has 8 N–H and O–H groups in total. The fourth-order valence-corrected chi connectivity index (χ4v) is 0.144. The van der Waals surface area contributed by atoms with E-state index in [-0.39, 0.29) is 11.9 Å². The van der Waals surface area contributed by atoms with Gasteiger partial charge in [-0.05, 0) is 5.16 Å². The number of hydrogen-bond acceptors (Lipinski definition) is 3. The normalized spacial score (nSPS) is 10.4. The van der Waals surface area contributed by atoms with Crippen LogP contribution in [0.25, 0.3) is 0 Å². The molecule has 0 amide bonds. The fraction of sp³-hybridized carbons (Fsp3) is 0. The van der Waals surface area contributed by atoms with Crippen molar-refractivity contribution in [3.63, 3.8) is 0 Å². The third-order valence-corrected chi connectivity index (χ3v) is 0.407. The average molecular weight is 132 g/mol. The van der Waals surface area contributed by atoms with E-state index in [0.29, 0.717) is 0 Å². The first-order chi connectivity index (χ1) is 4.16. The second-order valence-corrected chi connectivity index (χ2v) is 1.13. The summed E-state index contributed by atoms with van der Waals surface area (Å²) in [6.07, 6.45) is 0. The lowest BCUT2D eigenvalue weighted by molar-refractivity contribution is 0.316. The van der Waals surface area contributed by atoms with Crippen molar-refractivity contribution >= 4 is 11.9 Å². The van der Waals surface area contributed by atoms with Crippen LogP contribution in [0.3, 0.4) is 0 Å². The Morgan fingerprint density at radius 3 is 2.22 bits per heavy atom. The van der Waals surface area contributed by atoms with Crippen LogP contribution in [0.15, 0.2) is 10.3 Å². The fourth-order valence-electron chi connectivity index (χ4n) is 0.144. The van der Waals surface area contributed by atoms with Gasteiger partial charge in [0.1, 0.15) is 0 Å². The summed E-state index contributed by atoms with van der Waals surface area (Å²) in [4.78, 5) is 0. The van der Waals surface area contributed by atoms with Gasteiger partial charge in [-0.25, -0.2) is 5.43 Å². The molecule has 0 saturated carbocycles. The monoisotopic (exact) mass is 132 g/mol. The predicted molar refractivity (Wildman–Crippen MR) is 32.4 cm³/mol. The van der Waals surface area contributed by atoms with Crippen LogP contribution in [-0.2, 0) is 0 Å². The van der Waals surface area contributed by atoms with Gasteiger partial charge >= 0.3 is 0 Å². The van der Waals surface area contributed by atoms with Crippen molar-refractivity contribution in [3.05, 3.63) is 0 Å². The number of rotatable bonds is 1. The second kappa shape index (κ2) is 3.36. The van der Waals surface area contributed by atoms with Gasteiger partial charge in [-0.3, -0.25) is 0 Å². The van der Waals surface area contributed by atoms with Gasteiger partial charge in [0, 0.05) is 0 Å². The maximum atomic E-state index is 7.90. The third kappa shape index (κ3) is 4.19. The van der Waals surface area contributed by atoms with Gasteiger partial charge in [0.25, 0.3) is 5.96 Å². The molecular weight excluding hydrogens is 124 g/mol. The quantitative estimate of drug-likeness (QED) is 0.116. The molecular formula is C2H8N6O. The Morgan fingerprint density at radius 1 is 1.33 bits per heavy atom. The number of nitrogens with one attached hydrogen (secondary N) is 1. The number of nitrogens with two attached hydrogens (primary N) is 3. The number of oxime groups is 1. The Balaban J connectivity index is 3.64. The van der Waals surface area contributed by atoms with Crippen molar-refractivity contribution < 1.29 is 5.21 Å². The van der Waals surface area contributed by atoms with E-state index in [1.54, 1.807) is 0 Å². The van der Waals surface area contributed by atoms with Crippen molar-refractivity contribution in [3.8, 4) is 0 Å². The summed E-state index contributed by atoms with van der Waals surface area (Å²) < 4.78 is 0. The summed E-state index contributed by atoms with van der Waals surface area (Å²) in [6, 6.07) is 0. The lowest BCUT2D eigenvalue weighted by Gasteiger charge is -1.93. The topological polar surface area (TPSA) is 135 Å². The minimum atomic E-state index is -0.275. The lowest BCUT2D eigenvalue weighted by atomic mass is 11.0. The van der Waals surface area contributed by atoms with Crippen LogP contribution in [0.1, 0.15) is 0 Å². The predicted octanol–water partition coefficient (Wildman–Crippen LogP) is -2.53. The first kappa shape index (κ1) is 7.34. The minimum absolute atomic E-state index is 0.193. The van der Waals surface area contributed by atoms with E-state index in [2.05, 4.69) is 10.3 Å². The highest BCUT2D eigenvalue weighted by molar-refractivity contribution is 5.81. The van der Waals surface area contributed by atoms with E-state index in [1.165, 1.54) is 0 Å². The molecule has 9 heavy (non-hydrogen) atoms. The number of guanidine groups is 2. The molecule has 0 aliphatic heterocycles. The summed E-state index contributed by atoms with van der Waals surface area (Å²) in [5.41, 5.74) is 16.7. The van der Waals surface area contributed by atoms with E-state index in [0.717, 1.165) is 0 Å². The highest BCUT2D eigenvalue weighted by Crippen LogP contribution is 1.57. The van der Waals surface area contributed by atoms with E-state index in [4.69, 9.17) is 22.4 Å². The first-order valence-corrected chi connectivity index (χ1v) is 1.99. The van der Waals surface area contributed by atoms with Gasteiger partial charge < -0.3 is 22.4 Å². The molecule has 0 heterocycles. The molecule has 0 fully saturated rings. The van der Waals surface area contributed by atoms with Crippen LogP contribution in [0.4, 0.5) is 0 Å².